The van der Waals surface area contributed by atoms with Gasteiger partial charge in [0.25, 0.3) is 0 Å². The summed E-state index contributed by atoms with van der Waals surface area (Å²) in [5.41, 5.74) is 2.36. The zero-order valence-corrected chi connectivity index (χ0v) is 21.3. The Balaban J connectivity index is 2.38. The average Bonchev–Trinajstić information content (AvgIpc) is 2.48. The van der Waals surface area contributed by atoms with Crippen LogP contribution in [0.25, 0.3) is 0 Å². The molecule has 0 fully saturated rings. The molecular formula is C22H40O3Si2. The van der Waals surface area contributed by atoms with Crippen LogP contribution in [0.3, 0.4) is 0 Å². The third-order valence-electron chi connectivity index (χ3n) is 6.76. The minimum Gasteiger partial charge on any atom is -0.407 e. The smallest absolute Gasteiger partial charge is 0.195 e. The third kappa shape index (κ3) is 4.76. The summed E-state index contributed by atoms with van der Waals surface area (Å²) in [6.45, 7) is 24.9. The molecular weight excluding hydrogens is 368 g/mol. The first-order chi connectivity index (χ1) is 12.1. The molecule has 1 heterocycles. The normalized spacial score (nSPS) is 24.6. The van der Waals surface area contributed by atoms with Crippen molar-refractivity contribution in [1.82, 2.24) is 0 Å². The second-order valence-electron chi connectivity index (χ2n) is 11.0. The molecule has 3 atom stereocenters. The Morgan fingerprint density at radius 1 is 0.778 bits per heavy atom. The van der Waals surface area contributed by atoms with Gasteiger partial charge in [0.15, 0.2) is 22.9 Å². The van der Waals surface area contributed by atoms with Crippen molar-refractivity contribution >= 4 is 16.6 Å². The van der Waals surface area contributed by atoms with Crippen LogP contribution < -0.4 is 0 Å². The summed E-state index contributed by atoms with van der Waals surface area (Å²) in [5, 5.41) is 0.305. The van der Waals surface area contributed by atoms with Crippen molar-refractivity contribution in [3.05, 3.63) is 35.4 Å². The van der Waals surface area contributed by atoms with E-state index in [0.717, 1.165) is 5.56 Å². The molecule has 0 unspecified atom stereocenters. The van der Waals surface area contributed by atoms with Gasteiger partial charge in [-0.05, 0) is 48.8 Å². The van der Waals surface area contributed by atoms with Crippen LogP contribution in [0.4, 0.5) is 0 Å². The minimum absolute atomic E-state index is 0.0382. The van der Waals surface area contributed by atoms with Gasteiger partial charge in [0.1, 0.15) is 0 Å². The van der Waals surface area contributed by atoms with Crippen molar-refractivity contribution < 1.29 is 13.6 Å². The fourth-order valence-electron chi connectivity index (χ4n) is 2.77. The average molecular weight is 409 g/mol. The van der Waals surface area contributed by atoms with E-state index in [4.69, 9.17) is 13.6 Å². The molecule has 1 aliphatic rings. The second-order valence-corrected chi connectivity index (χ2v) is 20.5. The van der Waals surface area contributed by atoms with E-state index in [-0.39, 0.29) is 28.6 Å². The lowest BCUT2D eigenvalue weighted by molar-refractivity contribution is -0.167. The van der Waals surface area contributed by atoms with Gasteiger partial charge >= 0.3 is 0 Å². The van der Waals surface area contributed by atoms with E-state index >= 15 is 0 Å². The number of hydrogen-bond donors (Lipinski definition) is 0. The first-order valence-corrected chi connectivity index (χ1v) is 16.0. The molecule has 0 N–H and O–H groups in total. The lowest BCUT2D eigenvalue weighted by atomic mass is 9.96. The van der Waals surface area contributed by atoms with Crippen LogP contribution >= 0.6 is 0 Å². The Kier molecular flexibility index (Phi) is 6.26. The maximum Gasteiger partial charge on any atom is 0.195 e. The zero-order valence-electron chi connectivity index (χ0n) is 19.3. The van der Waals surface area contributed by atoms with Crippen LogP contribution in [0.2, 0.25) is 36.3 Å². The Bertz CT molecular complexity index is 656. The van der Waals surface area contributed by atoms with E-state index in [0.29, 0.717) is 0 Å². The zero-order chi connectivity index (χ0) is 20.8. The van der Waals surface area contributed by atoms with Crippen molar-refractivity contribution in [2.24, 2.45) is 0 Å². The van der Waals surface area contributed by atoms with Crippen LogP contribution in [-0.4, -0.2) is 22.7 Å². The quantitative estimate of drug-likeness (QED) is 0.493. The highest BCUT2D eigenvalue weighted by atomic mass is 28.4. The highest BCUT2D eigenvalue weighted by Crippen LogP contribution is 2.47. The summed E-state index contributed by atoms with van der Waals surface area (Å²) < 4.78 is 19.9. The van der Waals surface area contributed by atoms with Gasteiger partial charge in [-0.15, -0.1) is 0 Å². The summed E-state index contributed by atoms with van der Waals surface area (Å²) in [7, 11) is -3.86. The molecule has 0 aromatic heterocycles. The van der Waals surface area contributed by atoms with Crippen LogP contribution in [-0.2, 0) is 13.6 Å². The molecule has 0 radical (unpaired) electrons. The van der Waals surface area contributed by atoms with Crippen molar-refractivity contribution in [2.45, 2.75) is 103 Å². The summed E-state index contributed by atoms with van der Waals surface area (Å²) in [5.74, 6) is 0. The van der Waals surface area contributed by atoms with Crippen molar-refractivity contribution in [1.29, 1.82) is 0 Å². The fraction of sp³-hybridized carbons (Fsp3) is 0.727. The van der Waals surface area contributed by atoms with Gasteiger partial charge in [0.2, 0.25) is 0 Å². The third-order valence-corrected chi connectivity index (χ3v) is 15.6. The maximum absolute atomic E-state index is 6.80. The van der Waals surface area contributed by atoms with Crippen molar-refractivity contribution in [2.75, 3.05) is 0 Å². The van der Waals surface area contributed by atoms with Gasteiger partial charge in [0.05, 0.1) is 12.2 Å². The number of ether oxygens (including phenoxy) is 1. The van der Waals surface area contributed by atoms with E-state index < -0.39 is 16.6 Å². The van der Waals surface area contributed by atoms with Gasteiger partial charge in [-0.25, -0.2) is 0 Å². The number of benzene rings is 1. The number of fused-ring (bicyclic) bond motifs is 1. The molecule has 0 spiro atoms. The van der Waals surface area contributed by atoms with E-state index in [1.807, 2.05) is 0 Å². The number of rotatable bonds is 4. The molecule has 0 aliphatic carbocycles. The van der Waals surface area contributed by atoms with Crippen molar-refractivity contribution in [3.63, 3.8) is 0 Å². The molecule has 0 saturated heterocycles. The first kappa shape index (κ1) is 22.8. The molecule has 1 aliphatic heterocycles. The predicted molar refractivity (Wildman–Crippen MR) is 119 cm³/mol. The Morgan fingerprint density at radius 3 is 1.70 bits per heavy atom. The molecule has 5 heteroatoms. The van der Waals surface area contributed by atoms with Gasteiger partial charge in [0, 0.05) is 5.56 Å². The largest absolute Gasteiger partial charge is 0.407 e. The van der Waals surface area contributed by atoms with Gasteiger partial charge in [-0.1, -0.05) is 65.8 Å². The molecule has 27 heavy (non-hydrogen) atoms. The molecule has 2 rings (SSSR count). The molecule has 0 bridgehead atoms. The maximum atomic E-state index is 6.80. The lowest BCUT2D eigenvalue weighted by Crippen LogP contribution is -2.47. The van der Waals surface area contributed by atoms with Gasteiger partial charge < -0.3 is 13.6 Å². The first-order valence-electron chi connectivity index (χ1n) is 10.2. The van der Waals surface area contributed by atoms with E-state index in [1.54, 1.807) is 0 Å². The van der Waals surface area contributed by atoms with Crippen LogP contribution in [0.5, 0.6) is 0 Å². The highest BCUT2D eigenvalue weighted by molar-refractivity contribution is 6.74. The van der Waals surface area contributed by atoms with Crippen molar-refractivity contribution in [3.8, 4) is 0 Å². The fourth-order valence-corrected chi connectivity index (χ4v) is 5.14. The molecule has 1 aromatic rings. The monoisotopic (exact) mass is 408 g/mol. The molecule has 0 saturated carbocycles. The summed E-state index contributed by atoms with van der Waals surface area (Å²) in [6, 6.07) is 8.50. The SMILES string of the molecule is C[C@@H]1O[C@H](O[Si](C)(C)C(C)(C)C)c2ccccc2[C@@H]1O[Si](C)(C)C(C)(C)C. The Labute approximate surface area is 169 Å². The molecule has 1 aromatic carbocycles. The molecule has 0 amide bonds. The lowest BCUT2D eigenvalue weighted by Gasteiger charge is -2.46. The van der Waals surface area contributed by atoms with E-state index in [1.165, 1.54) is 5.56 Å². The van der Waals surface area contributed by atoms with E-state index in [9.17, 15) is 0 Å². The van der Waals surface area contributed by atoms with Crippen LogP contribution in [0.15, 0.2) is 24.3 Å². The molecule has 154 valence electrons. The standard InChI is InChI=1S/C22H40O3Si2/c1-16-19(24-26(8,9)21(2,3)4)17-14-12-13-15-18(17)20(23-16)25-27(10,11)22(5,6)7/h12-16,19-20H,1-11H3/t16-,19+,20+/m0/s1. The summed E-state index contributed by atoms with van der Waals surface area (Å²) in [6.07, 6.45) is -0.387. The van der Waals surface area contributed by atoms with Crippen LogP contribution in [0, 0.1) is 0 Å². The van der Waals surface area contributed by atoms with Gasteiger partial charge in [-0.3, -0.25) is 0 Å². The highest BCUT2D eigenvalue weighted by Gasteiger charge is 2.46. The predicted octanol–water partition coefficient (Wildman–Crippen LogP) is 7.19. The van der Waals surface area contributed by atoms with Crippen LogP contribution in [0.1, 0.15) is 72.0 Å². The molecule has 3 nitrogen and oxygen atoms in total. The summed E-state index contributed by atoms with van der Waals surface area (Å²) in [4.78, 5) is 0. The van der Waals surface area contributed by atoms with E-state index in [2.05, 4.69) is 98.9 Å². The second kappa shape index (κ2) is 7.41. The van der Waals surface area contributed by atoms with Gasteiger partial charge in [-0.2, -0.15) is 0 Å². The number of hydrogen-bond acceptors (Lipinski definition) is 3. The Hall–Kier alpha value is -0.466. The Morgan fingerprint density at radius 2 is 1.22 bits per heavy atom. The topological polar surface area (TPSA) is 27.7 Å². The minimum atomic E-state index is -1.95. The summed E-state index contributed by atoms with van der Waals surface area (Å²) >= 11 is 0.